The summed E-state index contributed by atoms with van der Waals surface area (Å²) >= 11 is 0. The number of carbonyl (C=O) groups excluding carboxylic acids is 2. The number of amides is 2. The molecule has 2 saturated heterocycles. The molecule has 3 fully saturated rings. The minimum Gasteiger partial charge on any atom is -0.370 e. The van der Waals surface area contributed by atoms with Crippen LogP contribution in [0.1, 0.15) is 30.9 Å². The largest absolute Gasteiger partial charge is 0.370 e. The first kappa shape index (κ1) is 15.6. The highest BCUT2D eigenvalue weighted by molar-refractivity contribution is 5.89. The zero-order chi connectivity index (χ0) is 16.7. The predicted molar refractivity (Wildman–Crippen MR) is 84.5 cm³/mol. The lowest BCUT2D eigenvalue weighted by atomic mass is 10.0. The van der Waals surface area contributed by atoms with Gasteiger partial charge in [0.25, 0.3) is 0 Å². The lowest BCUT2D eigenvalue weighted by molar-refractivity contribution is -0.143. The van der Waals surface area contributed by atoms with Crippen molar-refractivity contribution in [3.05, 3.63) is 35.6 Å². The summed E-state index contributed by atoms with van der Waals surface area (Å²) in [5.74, 6) is -0.363. The molecule has 0 radical (unpaired) electrons. The third kappa shape index (κ3) is 3.02. The van der Waals surface area contributed by atoms with E-state index in [-0.39, 0.29) is 29.7 Å². The first-order valence-corrected chi connectivity index (χ1v) is 8.57. The molecule has 0 unspecified atom stereocenters. The van der Waals surface area contributed by atoms with Crippen LogP contribution in [0.2, 0.25) is 0 Å². The monoisotopic (exact) mass is 332 g/mol. The number of likely N-dealkylation sites (tertiary alicyclic amines) is 1. The third-order valence-electron chi connectivity index (χ3n) is 5.12. The summed E-state index contributed by atoms with van der Waals surface area (Å²) in [6.45, 7) is 2.02. The standard InChI is InChI=1S/C18H21FN2O3/c19-14-3-1-12(2-4-14)16-11-20(7-8-24-16)18(23)13-9-17(22)21(10-13)15-5-6-15/h1-4,13,15-16H,5-11H2/t13-,16-/m0/s1. The molecule has 128 valence electrons. The van der Waals surface area contributed by atoms with Gasteiger partial charge in [0.2, 0.25) is 11.8 Å². The normalized spacial score (nSPS) is 27.6. The minimum atomic E-state index is -0.285. The van der Waals surface area contributed by atoms with Crippen LogP contribution in [0.5, 0.6) is 0 Å². The fourth-order valence-electron chi connectivity index (χ4n) is 3.62. The van der Waals surface area contributed by atoms with Gasteiger partial charge in [0.1, 0.15) is 11.9 Å². The van der Waals surface area contributed by atoms with E-state index in [0.29, 0.717) is 38.7 Å². The Morgan fingerprint density at radius 2 is 1.92 bits per heavy atom. The van der Waals surface area contributed by atoms with Crippen molar-refractivity contribution < 1.29 is 18.7 Å². The summed E-state index contributed by atoms with van der Waals surface area (Å²) in [4.78, 5) is 28.5. The molecule has 1 aliphatic carbocycles. The third-order valence-corrected chi connectivity index (χ3v) is 5.12. The molecule has 0 N–H and O–H groups in total. The molecule has 3 aliphatic rings. The molecular formula is C18H21FN2O3. The van der Waals surface area contributed by atoms with Gasteiger partial charge in [-0.05, 0) is 30.5 Å². The van der Waals surface area contributed by atoms with Gasteiger partial charge in [-0.1, -0.05) is 12.1 Å². The number of ether oxygens (including phenoxy) is 1. The zero-order valence-electron chi connectivity index (χ0n) is 13.5. The Balaban J connectivity index is 1.41. The molecule has 6 heteroatoms. The molecule has 5 nitrogen and oxygen atoms in total. The van der Waals surface area contributed by atoms with Crippen LogP contribution in [-0.4, -0.2) is 53.9 Å². The Kier molecular flexibility index (Phi) is 4.00. The molecule has 2 aliphatic heterocycles. The van der Waals surface area contributed by atoms with Crippen LogP contribution in [0.25, 0.3) is 0 Å². The van der Waals surface area contributed by atoms with Gasteiger partial charge >= 0.3 is 0 Å². The highest BCUT2D eigenvalue weighted by atomic mass is 19.1. The fourth-order valence-corrected chi connectivity index (χ4v) is 3.62. The molecule has 0 aromatic heterocycles. The molecule has 0 spiro atoms. The highest BCUT2D eigenvalue weighted by Gasteiger charge is 2.43. The maximum atomic E-state index is 13.1. The second kappa shape index (κ2) is 6.16. The number of hydrogen-bond donors (Lipinski definition) is 0. The van der Waals surface area contributed by atoms with E-state index in [1.54, 1.807) is 17.0 Å². The van der Waals surface area contributed by atoms with Crippen molar-refractivity contribution in [1.82, 2.24) is 9.80 Å². The number of halogens is 1. The van der Waals surface area contributed by atoms with Crippen molar-refractivity contribution in [2.24, 2.45) is 5.92 Å². The summed E-state index contributed by atoms with van der Waals surface area (Å²) in [6.07, 6.45) is 2.22. The summed E-state index contributed by atoms with van der Waals surface area (Å²) in [6, 6.07) is 6.57. The first-order chi connectivity index (χ1) is 11.6. The van der Waals surface area contributed by atoms with Crippen LogP contribution in [0.15, 0.2) is 24.3 Å². The number of nitrogens with zero attached hydrogens (tertiary/aromatic N) is 2. The summed E-state index contributed by atoms with van der Waals surface area (Å²) in [7, 11) is 0. The number of rotatable bonds is 3. The molecule has 2 heterocycles. The zero-order valence-corrected chi connectivity index (χ0v) is 13.5. The van der Waals surface area contributed by atoms with Gasteiger partial charge in [0, 0.05) is 25.6 Å². The van der Waals surface area contributed by atoms with Gasteiger partial charge < -0.3 is 14.5 Å². The quantitative estimate of drug-likeness (QED) is 0.847. The molecule has 1 aromatic carbocycles. The molecule has 0 bridgehead atoms. The van der Waals surface area contributed by atoms with E-state index in [0.717, 1.165) is 18.4 Å². The Labute approximate surface area is 140 Å². The van der Waals surface area contributed by atoms with Crippen LogP contribution < -0.4 is 0 Å². The Morgan fingerprint density at radius 1 is 1.17 bits per heavy atom. The Morgan fingerprint density at radius 3 is 2.62 bits per heavy atom. The van der Waals surface area contributed by atoms with Gasteiger partial charge in [-0.15, -0.1) is 0 Å². The van der Waals surface area contributed by atoms with E-state index in [4.69, 9.17) is 4.74 Å². The van der Waals surface area contributed by atoms with Gasteiger partial charge in [-0.3, -0.25) is 9.59 Å². The van der Waals surface area contributed by atoms with Gasteiger partial charge in [0.05, 0.1) is 19.1 Å². The summed E-state index contributed by atoms with van der Waals surface area (Å²) in [5.41, 5.74) is 0.871. The van der Waals surface area contributed by atoms with Crippen molar-refractivity contribution in [3.63, 3.8) is 0 Å². The average Bonchev–Trinajstić information content (AvgIpc) is 3.37. The van der Waals surface area contributed by atoms with E-state index >= 15 is 0 Å². The number of benzene rings is 1. The van der Waals surface area contributed by atoms with Crippen molar-refractivity contribution in [3.8, 4) is 0 Å². The van der Waals surface area contributed by atoms with Crippen LogP contribution in [0.3, 0.4) is 0 Å². The van der Waals surface area contributed by atoms with Gasteiger partial charge in [-0.25, -0.2) is 4.39 Å². The van der Waals surface area contributed by atoms with Crippen LogP contribution >= 0.6 is 0 Å². The first-order valence-electron chi connectivity index (χ1n) is 8.57. The Bertz CT molecular complexity index is 644. The van der Waals surface area contributed by atoms with Crippen molar-refractivity contribution in [2.45, 2.75) is 31.4 Å². The predicted octanol–water partition coefficient (Wildman–Crippen LogP) is 1.74. The second-order valence-electron chi connectivity index (χ2n) is 6.87. The van der Waals surface area contributed by atoms with Crippen molar-refractivity contribution in [2.75, 3.05) is 26.2 Å². The van der Waals surface area contributed by atoms with Crippen LogP contribution in [0.4, 0.5) is 4.39 Å². The number of morpholine rings is 1. The summed E-state index contributed by atoms with van der Waals surface area (Å²) in [5, 5.41) is 0. The molecule has 1 saturated carbocycles. The molecular weight excluding hydrogens is 311 g/mol. The topological polar surface area (TPSA) is 49.9 Å². The maximum absolute atomic E-state index is 13.1. The number of carbonyl (C=O) groups is 2. The van der Waals surface area contributed by atoms with Crippen molar-refractivity contribution >= 4 is 11.8 Å². The van der Waals surface area contributed by atoms with E-state index in [2.05, 4.69) is 0 Å². The average molecular weight is 332 g/mol. The van der Waals surface area contributed by atoms with E-state index in [1.807, 2.05) is 4.90 Å². The molecule has 24 heavy (non-hydrogen) atoms. The molecule has 2 amide bonds. The SMILES string of the molecule is O=C([C@H]1CC(=O)N(C2CC2)C1)N1CCO[C@H](c2ccc(F)cc2)C1. The summed E-state index contributed by atoms with van der Waals surface area (Å²) < 4.78 is 18.8. The van der Waals surface area contributed by atoms with Crippen LogP contribution in [-0.2, 0) is 14.3 Å². The molecule has 1 aromatic rings. The number of hydrogen-bond acceptors (Lipinski definition) is 3. The van der Waals surface area contributed by atoms with Gasteiger partial charge in [-0.2, -0.15) is 0 Å². The lowest BCUT2D eigenvalue weighted by Crippen LogP contribution is -2.45. The van der Waals surface area contributed by atoms with Crippen molar-refractivity contribution in [1.29, 1.82) is 0 Å². The van der Waals surface area contributed by atoms with E-state index in [9.17, 15) is 14.0 Å². The minimum absolute atomic E-state index is 0.0434. The van der Waals surface area contributed by atoms with E-state index in [1.165, 1.54) is 12.1 Å². The maximum Gasteiger partial charge on any atom is 0.228 e. The second-order valence-corrected chi connectivity index (χ2v) is 6.87. The fraction of sp³-hybridized carbons (Fsp3) is 0.556. The molecule has 4 rings (SSSR count). The van der Waals surface area contributed by atoms with Gasteiger partial charge in [0.15, 0.2) is 0 Å². The smallest absolute Gasteiger partial charge is 0.228 e. The van der Waals surface area contributed by atoms with E-state index < -0.39 is 0 Å². The van der Waals surface area contributed by atoms with Crippen LogP contribution in [0, 0.1) is 11.7 Å². The lowest BCUT2D eigenvalue weighted by Gasteiger charge is -2.34. The molecule has 2 atom stereocenters. The highest BCUT2D eigenvalue weighted by Crippen LogP contribution is 2.33. The Hall–Kier alpha value is -1.95.